The maximum atomic E-state index is 11.4. The second-order valence-corrected chi connectivity index (χ2v) is 4.82. The number of hydrogen-bond donors (Lipinski definition) is 0. The van der Waals surface area contributed by atoms with E-state index in [2.05, 4.69) is 4.84 Å². The molecule has 1 rings (SSSR count). The lowest BCUT2D eigenvalue weighted by Crippen LogP contribution is -2.24. The van der Waals surface area contributed by atoms with Gasteiger partial charge in [-0.15, -0.1) is 0 Å². The zero-order valence-electron chi connectivity index (χ0n) is 8.55. The standard InChI is InChI=1S/C8H11NO5S/c1-9(13-2)8(10)6-4-5-7(14-6)15(3,11)12/h4-5H,1-3H3. The second-order valence-electron chi connectivity index (χ2n) is 2.88. The first kappa shape index (κ1) is 11.7. The zero-order chi connectivity index (χ0) is 11.6. The van der Waals surface area contributed by atoms with E-state index in [0.717, 1.165) is 11.3 Å². The summed E-state index contributed by atoms with van der Waals surface area (Å²) in [5, 5.41) is 0.695. The van der Waals surface area contributed by atoms with Gasteiger partial charge in [0.2, 0.25) is 14.9 Å². The van der Waals surface area contributed by atoms with E-state index in [1.807, 2.05) is 0 Å². The third kappa shape index (κ3) is 2.57. The molecule has 1 aromatic rings. The molecular weight excluding hydrogens is 222 g/mol. The second kappa shape index (κ2) is 4.03. The Labute approximate surface area is 87.3 Å². The summed E-state index contributed by atoms with van der Waals surface area (Å²) in [6.45, 7) is 0. The van der Waals surface area contributed by atoms with Crippen LogP contribution in [0, 0.1) is 0 Å². The fraction of sp³-hybridized carbons (Fsp3) is 0.375. The van der Waals surface area contributed by atoms with Crippen LogP contribution in [0.25, 0.3) is 0 Å². The smallest absolute Gasteiger partial charge is 0.312 e. The van der Waals surface area contributed by atoms with Crippen LogP contribution in [0.2, 0.25) is 0 Å². The average molecular weight is 233 g/mol. The Hall–Kier alpha value is -1.34. The quantitative estimate of drug-likeness (QED) is 0.702. The van der Waals surface area contributed by atoms with Gasteiger partial charge in [-0.25, -0.2) is 13.5 Å². The summed E-state index contributed by atoms with van der Waals surface area (Å²) in [7, 11) is -0.715. The normalized spacial score (nSPS) is 11.4. The predicted octanol–water partition coefficient (Wildman–Crippen LogP) is 0.317. The van der Waals surface area contributed by atoms with Crippen LogP contribution in [0.1, 0.15) is 10.6 Å². The molecule has 0 aliphatic carbocycles. The SMILES string of the molecule is CON(C)C(=O)c1ccc(S(C)(=O)=O)o1. The van der Waals surface area contributed by atoms with Crippen LogP contribution in [0.15, 0.2) is 21.6 Å². The maximum absolute atomic E-state index is 11.4. The van der Waals surface area contributed by atoms with Gasteiger partial charge in [-0.1, -0.05) is 0 Å². The summed E-state index contributed by atoms with van der Waals surface area (Å²) >= 11 is 0. The minimum atomic E-state index is -3.43. The molecule has 0 fully saturated rings. The van der Waals surface area contributed by atoms with Crippen molar-refractivity contribution in [3.63, 3.8) is 0 Å². The molecule has 6 nitrogen and oxygen atoms in total. The molecule has 1 aromatic heterocycles. The van der Waals surface area contributed by atoms with Crippen LogP contribution in [-0.2, 0) is 14.7 Å². The fourth-order valence-corrected chi connectivity index (χ4v) is 1.43. The first-order valence-corrected chi connectivity index (χ1v) is 5.87. The van der Waals surface area contributed by atoms with Gasteiger partial charge >= 0.3 is 5.91 Å². The Bertz CT molecular complexity index is 461. The molecule has 0 aliphatic rings. The number of amides is 1. The molecule has 84 valence electrons. The van der Waals surface area contributed by atoms with Crippen molar-refractivity contribution in [1.29, 1.82) is 0 Å². The molecule has 0 spiro atoms. The van der Waals surface area contributed by atoms with Crippen LogP contribution < -0.4 is 0 Å². The Kier molecular flexibility index (Phi) is 3.15. The van der Waals surface area contributed by atoms with Crippen LogP contribution in [0.5, 0.6) is 0 Å². The molecule has 0 aromatic carbocycles. The monoisotopic (exact) mass is 233 g/mol. The van der Waals surface area contributed by atoms with E-state index in [-0.39, 0.29) is 10.9 Å². The number of hydrogen-bond acceptors (Lipinski definition) is 5. The third-order valence-corrected chi connectivity index (χ3v) is 2.67. The van der Waals surface area contributed by atoms with Gasteiger partial charge in [0.1, 0.15) is 0 Å². The van der Waals surface area contributed by atoms with Gasteiger partial charge in [0, 0.05) is 13.3 Å². The Morgan fingerprint density at radius 1 is 1.47 bits per heavy atom. The Balaban J connectivity index is 3.00. The van der Waals surface area contributed by atoms with E-state index in [0.29, 0.717) is 0 Å². The number of rotatable bonds is 3. The third-order valence-electron chi connectivity index (χ3n) is 1.72. The fourth-order valence-electron chi connectivity index (χ4n) is 0.872. The Morgan fingerprint density at radius 3 is 2.47 bits per heavy atom. The average Bonchev–Trinajstić information content (AvgIpc) is 2.63. The van der Waals surface area contributed by atoms with Crippen LogP contribution in [0.3, 0.4) is 0 Å². The first-order valence-electron chi connectivity index (χ1n) is 3.98. The molecule has 0 unspecified atom stereocenters. The first-order chi connectivity index (χ1) is 6.86. The summed E-state index contributed by atoms with van der Waals surface area (Å²) in [6, 6.07) is 2.51. The number of carbonyl (C=O) groups excluding carboxylic acids is 1. The Morgan fingerprint density at radius 2 is 2.07 bits per heavy atom. The van der Waals surface area contributed by atoms with Crippen molar-refractivity contribution in [2.45, 2.75) is 5.09 Å². The van der Waals surface area contributed by atoms with Crippen molar-refractivity contribution in [2.24, 2.45) is 0 Å². The zero-order valence-corrected chi connectivity index (χ0v) is 9.37. The van der Waals surface area contributed by atoms with Crippen LogP contribution in [0.4, 0.5) is 0 Å². The lowest BCUT2D eigenvalue weighted by molar-refractivity contribution is -0.0775. The lowest BCUT2D eigenvalue weighted by Gasteiger charge is -2.10. The van der Waals surface area contributed by atoms with Crippen molar-refractivity contribution in [2.75, 3.05) is 20.4 Å². The number of furan rings is 1. The van der Waals surface area contributed by atoms with Crippen LogP contribution >= 0.6 is 0 Å². The summed E-state index contributed by atoms with van der Waals surface area (Å²) in [5.74, 6) is -0.632. The van der Waals surface area contributed by atoms with E-state index in [1.165, 1.54) is 26.3 Å². The molecule has 0 N–H and O–H groups in total. The van der Waals surface area contributed by atoms with Crippen LogP contribution in [-0.4, -0.2) is 39.8 Å². The topological polar surface area (TPSA) is 76.8 Å². The minimum Gasteiger partial charge on any atom is -0.439 e. The van der Waals surface area contributed by atoms with Crippen molar-refractivity contribution in [3.8, 4) is 0 Å². The number of sulfone groups is 1. The molecular formula is C8H11NO5S. The molecule has 0 bridgehead atoms. The summed E-state index contributed by atoms with van der Waals surface area (Å²) in [5.41, 5.74) is 0. The molecule has 15 heavy (non-hydrogen) atoms. The molecule has 7 heteroatoms. The van der Waals surface area contributed by atoms with Gasteiger partial charge in [-0.3, -0.25) is 9.63 Å². The summed E-state index contributed by atoms with van der Waals surface area (Å²) in [4.78, 5) is 16.1. The van der Waals surface area contributed by atoms with E-state index >= 15 is 0 Å². The highest BCUT2D eigenvalue weighted by molar-refractivity contribution is 7.90. The van der Waals surface area contributed by atoms with Crippen molar-refractivity contribution < 1.29 is 22.5 Å². The molecule has 0 saturated carbocycles. The highest BCUT2D eigenvalue weighted by Crippen LogP contribution is 2.14. The minimum absolute atomic E-state index is 0.0835. The van der Waals surface area contributed by atoms with Gasteiger partial charge in [-0.2, -0.15) is 0 Å². The lowest BCUT2D eigenvalue weighted by atomic mass is 10.4. The molecule has 1 amide bonds. The van der Waals surface area contributed by atoms with E-state index < -0.39 is 15.7 Å². The van der Waals surface area contributed by atoms with Gasteiger partial charge in [0.25, 0.3) is 0 Å². The summed E-state index contributed by atoms with van der Waals surface area (Å²) in [6.07, 6.45) is 1.00. The highest BCUT2D eigenvalue weighted by atomic mass is 32.2. The molecule has 0 aliphatic heterocycles. The maximum Gasteiger partial charge on any atom is 0.312 e. The number of nitrogens with zero attached hydrogens (tertiary/aromatic N) is 1. The summed E-state index contributed by atoms with van der Waals surface area (Å²) < 4.78 is 27.0. The van der Waals surface area contributed by atoms with E-state index in [4.69, 9.17) is 4.42 Å². The molecule has 0 atom stereocenters. The number of hydroxylamine groups is 2. The molecule has 0 radical (unpaired) electrons. The van der Waals surface area contributed by atoms with Crippen molar-refractivity contribution >= 4 is 15.7 Å². The largest absolute Gasteiger partial charge is 0.439 e. The van der Waals surface area contributed by atoms with Gasteiger partial charge in [-0.05, 0) is 12.1 Å². The van der Waals surface area contributed by atoms with E-state index in [1.54, 1.807) is 0 Å². The molecule has 1 heterocycles. The molecule has 0 saturated heterocycles. The van der Waals surface area contributed by atoms with Gasteiger partial charge in [0.05, 0.1) is 7.11 Å². The predicted molar refractivity (Wildman–Crippen MR) is 50.9 cm³/mol. The van der Waals surface area contributed by atoms with Crippen molar-refractivity contribution in [1.82, 2.24) is 5.06 Å². The van der Waals surface area contributed by atoms with Crippen molar-refractivity contribution in [3.05, 3.63) is 17.9 Å². The van der Waals surface area contributed by atoms with Gasteiger partial charge < -0.3 is 4.42 Å². The highest BCUT2D eigenvalue weighted by Gasteiger charge is 2.19. The van der Waals surface area contributed by atoms with E-state index in [9.17, 15) is 13.2 Å². The number of carbonyl (C=O) groups is 1. The van der Waals surface area contributed by atoms with Gasteiger partial charge in [0.15, 0.2) is 5.76 Å².